The second-order valence-corrected chi connectivity index (χ2v) is 5.99. The Bertz CT molecular complexity index is 540. The van der Waals surface area contributed by atoms with Gasteiger partial charge in [0.15, 0.2) is 0 Å². The van der Waals surface area contributed by atoms with Gasteiger partial charge in [-0.25, -0.2) is 0 Å². The quantitative estimate of drug-likeness (QED) is 0.831. The Kier molecular flexibility index (Phi) is 2.33. The molecule has 2 nitrogen and oxygen atoms in total. The number of ketones is 1. The van der Waals surface area contributed by atoms with Crippen molar-refractivity contribution < 1.29 is 4.79 Å². The number of anilines is 1. The van der Waals surface area contributed by atoms with Gasteiger partial charge in [0.25, 0.3) is 0 Å². The Hall–Kier alpha value is -1.13. The fourth-order valence-electron chi connectivity index (χ4n) is 2.21. The van der Waals surface area contributed by atoms with Crippen molar-refractivity contribution in [3.63, 3.8) is 0 Å². The van der Waals surface area contributed by atoms with Crippen LogP contribution in [-0.2, 0) is 12.8 Å². The molecule has 0 atom stereocenters. The average molecular weight is 249 g/mol. The zero-order chi connectivity index (χ0) is 11.1. The van der Waals surface area contributed by atoms with Gasteiger partial charge in [0.1, 0.15) is 0 Å². The maximum absolute atomic E-state index is 12.3. The lowest BCUT2D eigenvalue weighted by atomic mass is 10.1. The maximum atomic E-state index is 12.3. The second kappa shape index (κ2) is 3.71. The zero-order valence-corrected chi connectivity index (χ0v) is 10.3. The van der Waals surface area contributed by atoms with Gasteiger partial charge >= 0.3 is 0 Å². The fourth-order valence-corrected chi connectivity index (χ4v) is 4.03. The molecule has 1 aliphatic rings. The molecule has 0 amide bonds. The Balaban J connectivity index is 2.10. The lowest BCUT2D eigenvalue weighted by molar-refractivity contribution is 0.104. The van der Waals surface area contributed by atoms with Gasteiger partial charge in [-0.1, -0.05) is 6.07 Å². The highest BCUT2D eigenvalue weighted by Gasteiger charge is 2.26. The molecule has 0 saturated heterocycles. The summed E-state index contributed by atoms with van der Waals surface area (Å²) in [6, 6.07) is 3.77. The molecule has 0 aliphatic heterocycles. The zero-order valence-electron chi connectivity index (χ0n) is 8.66. The summed E-state index contributed by atoms with van der Waals surface area (Å²) in [5, 5.41) is 2.62. The predicted molar refractivity (Wildman–Crippen MR) is 68.5 cm³/mol. The molecule has 0 spiro atoms. The van der Waals surface area contributed by atoms with Gasteiger partial charge in [0.05, 0.1) is 15.4 Å². The topological polar surface area (TPSA) is 43.1 Å². The van der Waals surface area contributed by atoms with Crippen molar-refractivity contribution in [3.05, 3.63) is 38.4 Å². The largest absolute Gasteiger partial charge is 0.390 e. The molecule has 0 unspecified atom stereocenters. The predicted octanol–water partition coefficient (Wildman–Crippen LogP) is 3.11. The number of fused-ring (bicyclic) bond motifs is 1. The molecule has 3 rings (SSSR count). The number of hydrogen-bond donors (Lipinski definition) is 1. The highest BCUT2D eigenvalue weighted by molar-refractivity contribution is 7.17. The summed E-state index contributed by atoms with van der Waals surface area (Å²) in [6.07, 6.45) is 3.25. The molecule has 0 fully saturated rings. The highest BCUT2D eigenvalue weighted by atomic mass is 32.1. The van der Waals surface area contributed by atoms with E-state index in [-0.39, 0.29) is 5.78 Å². The van der Waals surface area contributed by atoms with Gasteiger partial charge in [-0.15, -0.1) is 22.7 Å². The van der Waals surface area contributed by atoms with Crippen LogP contribution in [0.1, 0.15) is 32.1 Å². The van der Waals surface area contributed by atoms with Crippen LogP contribution in [0.2, 0.25) is 0 Å². The number of nitrogens with two attached hydrogens (primary N) is 1. The normalized spacial score (nSPS) is 14.0. The first-order valence-corrected chi connectivity index (χ1v) is 6.95. The molecule has 1 aliphatic carbocycles. The fraction of sp³-hybridized carbons (Fsp3) is 0.250. The molecule has 2 heterocycles. The molecule has 4 heteroatoms. The standard InChI is InChI=1S/C12H11NOS2/c13-12-10(7-3-1-4-8(7)16-12)11(14)9-5-2-6-15-9/h2,5-6H,1,3-4,13H2. The van der Waals surface area contributed by atoms with E-state index in [9.17, 15) is 4.79 Å². The summed E-state index contributed by atoms with van der Waals surface area (Å²) in [4.78, 5) is 14.4. The molecular formula is C12H11NOS2. The van der Waals surface area contributed by atoms with Crippen molar-refractivity contribution in [1.29, 1.82) is 0 Å². The average Bonchev–Trinajstić information content (AvgIpc) is 2.89. The number of carbonyl (C=O) groups is 1. The van der Waals surface area contributed by atoms with Crippen LogP contribution in [0.25, 0.3) is 0 Å². The van der Waals surface area contributed by atoms with E-state index < -0.39 is 0 Å². The van der Waals surface area contributed by atoms with Crippen LogP contribution < -0.4 is 5.73 Å². The van der Waals surface area contributed by atoms with Gasteiger partial charge in [0.2, 0.25) is 5.78 Å². The third-order valence-electron chi connectivity index (χ3n) is 2.92. The van der Waals surface area contributed by atoms with E-state index in [0.717, 1.165) is 29.7 Å². The number of rotatable bonds is 2. The van der Waals surface area contributed by atoms with E-state index >= 15 is 0 Å². The van der Waals surface area contributed by atoms with Crippen LogP contribution in [0.3, 0.4) is 0 Å². The van der Waals surface area contributed by atoms with Crippen LogP contribution in [-0.4, -0.2) is 5.78 Å². The number of thiophene rings is 2. The van der Waals surface area contributed by atoms with Crippen molar-refractivity contribution in [3.8, 4) is 0 Å². The first-order chi connectivity index (χ1) is 7.77. The smallest absolute Gasteiger partial charge is 0.206 e. The molecular weight excluding hydrogens is 238 g/mol. The number of nitrogen functional groups attached to an aromatic ring is 1. The molecule has 0 radical (unpaired) electrons. The molecule has 82 valence electrons. The van der Waals surface area contributed by atoms with Crippen molar-refractivity contribution in [1.82, 2.24) is 0 Å². The Labute approximate surface area is 102 Å². The monoisotopic (exact) mass is 249 g/mol. The minimum Gasteiger partial charge on any atom is -0.390 e. The summed E-state index contributed by atoms with van der Waals surface area (Å²) >= 11 is 3.07. The SMILES string of the molecule is Nc1sc2c(c1C(=O)c1cccs1)CCC2. The second-order valence-electron chi connectivity index (χ2n) is 3.90. The van der Waals surface area contributed by atoms with E-state index in [1.807, 2.05) is 17.5 Å². The van der Waals surface area contributed by atoms with Crippen LogP contribution in [0.4, 0.5) is 5.00 Å². The maximum Gasteiger partial charge on any atom is 0.206 e. The van der Waals surface area contributed by atoms with Crippen molar-refractivity contribution in [2.45, 2.75) is 19.3 Å². The van der Waals surface area contributed by atoms with Gasteiger partial charge in [-0.05, 0) is 36.3 Å². The van der Waals surface area contributed by atoms with Crippen LogP contribution in [0, 0.1) is 0 Å². The van der Waals surface area contributed by atoms with E-state index in [0.29, 0.717) is 5.00 Å². The molecule has 2 aromatic rings. The number of hydrogen-bond acceptors (Lipinski definition) is 4. The molecule has 0 bridgehead atoms. The number of aryl methyl sites for hydroxylation is 1. The lowest BCUT2D eigenvalue weighted by Gasteiger charge is -2.00. The minimum atomic E-state index is 0.104. The minimum absolute atomic E-state index is 0.104. The Morgan fingerprint density at radius 2 is 2.25 bits per heavy atom. The van der Waals surface area contributed by atoms with Crippen molar-refractivity contribution in [2.75, 3.05) is 5.73 Å². The molecule has 2 N–H and O–H groups in total. The first-order valence-electron chi connectivity index (χ1n) is 5.25. The third-order valence-corrected chi connectivity index (χ3v) is 4.91. The Morgan fingerprint density at radius 1 is 1.38 bits per heavy atom. The van der Waals surface area contributed by atoms with Crippen LogP contribution in [0.15, 0.2) is 17.5 Å². The summed E-state index contributed by atoms with van der Waals surface area (Å²) < 4.78 is 0. The summed E-state index contributed by atoms with van der Waals surface area (Å²) in [5.74, 6) is 0.104. The van der Waals surface area contributed by atoms with Gasteiger partial charge in [0, 0.05) is 4.88 Å². The van der Waals surface area contributed by atoms with Crippen molar-refractivity contribution >= 4 is 33.5 Å². The number of carbonyl (C=O) groups excluding carboxylic acids is 1. The lowest BCUT2D eigenvalue weighted by Crippen LogP contribution is -2.03. The van der Waals surface area contributed by atoms with Crippen molar-refractivity contribution in [2.24, 2.45) is 0 Å². The highest BCUT2D eigenvalue weighted by Crippen LogP contribution is 2.38. The first kappa shape index (κ1) is 10.1. The summed E-state index contributed by atoms with van der Waals surface area (Å²) in [7, 11) is 0. The van der Waals surface area contributed by atoms with Crippen LogP contribution in [0.5, 0.6) is 0 Å². The van der Waals surface area contributed by atoms with E-state index in [4.69, 9.17) is 5.73 Å². The summed E-state index contributed by atoms with van der Waals surface area (Å²) in [5.41, 5.74) is 7.95. The van der Waals surface area contributed by atoms with Crippen LogP contribution >= 0.6 is 22.7 Å². The van der Waals surface area contributed by atoms with Gasteiger partial charge in [-0.2, -0.15) is 0 Å². The van der Waals surface area contributed by atoms with E-state index in [2.05, 4.69) is 0 Å². The van der Waals surface area contributed by atoms with Gasteiger partial charge < -0.3 is 5.73 Å². The molecule has 2 aromatic heterocycles. The van der Waals surface area contributed by atoms with Gasteiger partial charge in [-0.3, -0.25) is 4.79 Å². The third kappa shape index (κ3) is 1.41. The molecule has 0 saturated carbocycles. The van der Waals surface area contributed by atoms with E-state index in [1.165, 1.54) is 21.8 Å². The molecule has 0 aromatic carbocycles. The van der Waals surface area contributed by atoms with E-state index in [1.54, 1.807) is 11.3 Å². The summed E-state index contributed by atoms with van der Waals surface area (Å²) in [6.45, 7) is 0. The Morgan fingerprint density at radius 3 is 3.00 bits per heavy atom. The molecule has 16 heavy (non-hydrogen) atoms.